The monoisotopic (exact) mass is 307 g/mol. The van der Waals surface area contributed by atoms with E-state index in [0.717, 1.165) is 28.4 Å². The lowest BCUT2D eigenvalue weighted by atomic mass is 9.51. The van der Waals surface area contributed by atoms with Gasteiger partial charge >= 0.3 is 5.97 Å². The summed E-state index contributed by atoms with van der Waals surface area (Å²) in [4.78, 5) is 16.7. The summed E-state index contributed by atoms with van der Waals surface area (Å²) < 4.78 is 0. The fourth-order valence-corrected chi connectivity index (χ4v) is 5.93. The molecule has 118 valence electrons. The molecule has 4 bridgehead atoms. The minimum absolute atomic E-state index is 0.360. The first kappa shape index (κ1) is 13.5. The summed E-state index contributed by atoms with van der Waals surface area (Å²) in [6, 6.07) is 9.72. The number of carboxylic acid groups (broad SMARTS) is 1. The molecule has 3 heteroatoms. The highest BCUT2D eigenvalue weighted by Gasteiger charge is 2.49. The van der Waals surface area contributed by atoms with E-state index in [9.17, 15) is 9.90 Å². The normalized spacial score (nSPS) is 34.9. The number of hydrogen-bond acceptors (Lipinski definition) is 2. The van der Waals surface area contributed by atoms with Gasteiger partial charge < -0.3 is 5.11 Å². The third-order valence-electron chi connectivity index (χ3n) is 6.53. The SMILES string of the molecule is O=C(O)c1cc2ccccc2nc1C1C2CC3CC(C2)CC1C3. The van der Waals surface area contributed by atoms with Gasteiger partial charge in [0.1, 0.15) is 0 Å². The number of carboxylic acids is 1. The first-order valence-electron chi connectivity index (χ1n) is 8.82. The molecule has 3 nitrogen and oxygen atoms in total. The van der Waals surface area contributed by atoms with E-state index in [-0.39, 0.29) is 0 Å². The Morgan fingerprint density at radius 1 is 1.00 bits per heavy atom. The Morgan fingerprint density at radius 2 is 1.65 bits per heavy atom. The minimum Gasteiger partial charge on any atom is -0.478 e. The van der Waals surface area contributed by atoms with Crippen molar-refractivity contribution in [2.24, 2.45) is 23.7 Å². The number of benzene rings is 1. The van der Waals surface area contributed by atoms with Crippen LogP contribution in [-0.4, -0.2) is 16.1 Å². The second kappa shape index (κ2) is 4.80. The van der Waals surface area contributed by atoms with Crippen molar-refractivity contribution >= 4 is 16.9 Å². The Labute approximate surface area is 135 Å². The van der Waals surface area contributed by atoms with Gasteiger partial charge in [0.25, 0.3) is 0 Å². The van der Waals surface area contributed by atoms with Crippen LogP contribution in [0.5, 0.6) is 0 Å². The van der Waals surface area contributed by atoms with Gasteiger partial charge in [-0.05, 0) is 67.9 Å². The molecule has 1 aromatic heterocycles. The van der Waals surface area contributed by atoms with E-state index < -0.39 is 5.97 Å². The van der Waals surface area contributed by atoms with Crippen LogP contribution < -0.4 is 0 Å². The maximum Gasteiger partial charge on any atom is 0.337 e. The number of hydrogen-bond donors (Lipinski definition) is 1. The molecule has 0 aliphatic heterocycles. The Bertz CT molecular complexity index is 769. The van der Waals surface area contributed by atoms with Crippen molar-refractivity contribution in [3.63, 3.8) is 0 Å². The van der Waals surface area contributed by atoms with Crippen LogP contribution in [0.1, 0.15) is 54.1 Å². The number of nitrogens with zero attached hydrogens (tertiary/aromatic N) is 1. The van der Waals surface area contributed by atoms with Gasteiger partial charge in [0.15, 0.2) is 0 Å². The number of pyridine rings is 1. The number of para-hydroxylation sites is 1. The molecular weight excluding hydrogens is 286 g/mol. The highest BCUT2D eigenvalue weighted by Crippen LogP contribution is 2.59. The van der Waals surface area contributed by atoms with Crippen molar-refractivity contribution in [1.29, 1.82) is 0 Å². The Balaban J connectivity index is 1.67. The summed E-state index contributed by atoms with van der Waals surface area (Å²) in [5.74, 6) is 2.62. The van der Waals surface area contributed by atoms with Crippen molar-refractivity contribution in [2.75, 3.05) is 0 Å². The molecule has 0 amide bonds. The van der Waals surface area contributed by atoms with Gasteiger partial charge in [-0.25, -0.2) is 4.79 Å². The lowest BCUT2D eigenvalue weighted by Crippen LogP contribution is -2.44. The molecule has 2 aromatic rings. The summed E-state index contributed by atoms with van der Waals surface area (Å²) in [5.41, 5.74) is 2.23. The maximum atomic E-state index is 11.9. The molecule has 6 rings (SSSR count). The molecule has 23 heavy (non-hydrogen) atoms. The van der Waals surface area contributed by atoms with E-state index in [1.165, 1.54) is 32.1 Å². The second-order valence-electron chi connectivity index (χ2n) is 7.88. The van der Waals surface area contributed by atoms with Crippen molar-refractivity contribution in [3.8, 4) is 0 Å². The van der Waals surface area contributed by atoms with Gasteiger partial charge in [-0.1, -0.05) is 18.2 Å². The van der Waals surface area contributed by atoms with Gasteiger partial charge in [-0.2, -0.15) is 0 Å². The molecule has 4 aliphatic carbocycles. The highest BCUT2D eigenvalue weighted by molar-refractivity contribution is 5.94. The van der Waals surface area contributed by atoms with Crippen LogP contribution in [-0.2, 0) is 0 Å². The topological polar surface area (TPSA) is 50.2 Å². The lowest BCUT2D eigenvalue weighted by molar-refractivity contribution is -0.00445. The van der Waals surface area contributed by atoms with Gasteiger partial charge in [-0.15, -0.1) is 0 Å². The molecule has 1 N–H and O–H groups in total. The fourth-order valence-electron chi connectivity index (χ4n) is 5.93. The van der Waals surface area contributed by atoms with Gasteiger partial charge in [0, 0.05) is 11.3 Å². The number of aromatic nitrogens is 1. The third kappa shape index (κ3) is 2.02. The average molecular weight is 307 g/mol. The molecule has 4 fully saturated rings. The fraction of sp³-hybridized carbons (Fsp3) is 0.500. The minimum atomic E-state index is -0.827. The molecule has 0 atom stereocenters. The molecule has 1 aromatic carbocycles. The largest absolute Gasteiger partial charge is 0.478 e. The van der Waals surface area contributed by atoms with Crippen molar-refractivity contribution in [2.45, 2.75) is 38.0 Å². The van der Waals surface area contributed by atoms with Crippen LogP contribution in [0.3, 0.4) is 0 Å². The summed E-state index contributed by atoms with van der Waals surface area (Å²) in [5, 5.41) is 10.7. The van der Waals surface area contributed by atoms with E-state index in [1.54, 1.807) is 0 Å². The molecule has 0 radical (unpaired) electrons. The zero-order valence-electron chi connectivity index (χ0n) is 13.1. The van der Waals surface area contributed by atoms with Gasteiger partial charge in [-0.3, -0.25) is 4.98 Å². The maximum absolute atomic E-state index is 11.9. The number of aromatic carboxylic acids is 1. The zero-order valence-corrected chi connectivity index (χ0v) is 13.1. The lowest BCUT2D eigenvalue weighted by Gasteiger charge is -2.54. The number of fused-ring (bicyclic) bond motifs is 1. The van der Waals surface area contributed by atoms with Crippen LogP contribution >= 0.6 is 0 Å². The first-order chi connectivity index (χ1) is 11.2. The standard InChI is InChI=1S/C20H21NO2/c22-20(23)16-10-13-3-1-2-4-17(13)21-19(16)18-14-6-11-5-12(8-14)9-15(18)7-11/h1-4,10-12,14-15,18H,5-9H2,(H,22,23). The molecule has 4 saturated carbocycles. The molecular formula is C20H21NO2. The Kier molecular flexibility index (Phi) is 2.82. The van der Waals surface area contributed by atoms with Crippen LogP contribution in [0.15, 0.2) is 30.3 Å². The quantitative estimate of drug-likeness (QED) is 0.890. The first-order valence-corrected chi connectivity index (χ1v) is 8.82. The highest BCUT2D eigenvalue weighted by atomic mass is 16.4. The molecule has 0 saturated heterocycles. The van der Waals surface area contributed by atoms with Gasteiger partial charge in [0.05, 0.1) is 16.8 Å². The number of carbonyl (C=O) groups is 1. The van der Waals surface area contributed by atoms with E-state index in [1.807, 2.05) is 30.3 Å². The predicted octanol–water partition coefficient (Wildman–Crippen LogP) is 4.47. The van der Waals surface area contributed by atoms with Crippen molar-refractivity contribution in [3.05, 3.63) is 41.6 Å². The van der Waals surface area contributed by atoms with Crippen LogP contribution in [0.2, 0.25) is 0 Å². The van der Waals surface area contributed by atoms with Crippen molar-refractivity contribution in [1.82, 2.24) is 4.98 Å². The third-order valence-corrected chi connectivity index (χ3v) is 6.53. The molecule has 0 unspecified atom stereocenters. The molecule has 4 aliphatic rings. The Hall–Kier alpha value is -1.90. The van der Waals surface area contributed by atoms with E-state index >= 15 is 0 Å². The van der Waals surface area contributed by atoms with E-state index in [0.29, 0.717) is 23.3 Å². The summed E-state index contributed by atoms with van der Waals surface area (Å²) in [6.07, 6.45) is 6.55. The van der Waals surface area contributed by atoms with Crippen LogP contribution in [0.4, 0.5) is 0 Å². The second-order valence-corrected chi connectivity index (χ2v) is 7.88. The van der Waals surface area contributed by atoms with Crippen molar-refractivity contribution < 1.29 is 9.90 Å². The Morgan fingerprint density at radius 3 is 2.30 bits per heavy atom. The van der Waals surface area contributed by atoms with Gasteiger partial charge in [0.2, 0.25) is 0 Å². The number of rotatable bonds is 2. The average Bonchev–Trinajstić information content (AvgIpc) is 2.53. The summed E-state index contributed by atoms with van der Waals surface area (Å²) in [7, 11) is 0. The predicted molar refractivity (Wildman–Crippen MR) is 88.5 cm³/mol. The summed E-state index contributed by atoms with van der Waals surface area (Å²) in [6.45, 7) is 0. The van der Waals surface area contributed by atoms with Crippen LogP contribution in [0, 0.1) is 23.7 Å². The molecule has 0 spiro atoms. The summed E-state index contributed by atoms with van der Waals surface area (Å²) >= 11 is 0. The zero-order chi connectivity index (χ0) is 15.6. The molecule has 1 heterocycles. The van der Waals surface area contributed by atoms with E-state index in [2.05, 4.69) is 0 Å². The van der Waals surface area contributed by atoms with E-state index in [4.69, 9.17) is 4.98 Å². The smallest absolute Gasteiger partial charge is 0.337 e. The van der Waals surface area contributed by atoms with Crippen LogP contribution in [0.25, 0.3) is 10.9 Å².